The van der Waals surface area contributed by atoms with E-state index in [1.807, 2.05) is 5.43 Å². The third-order valence-corrected chi connectivity index (χ3v) is 6.05. The van der Waals surface area contributed by atoms with Crippen LogP contribution < -0.4 is 15.6 Å². The van der Waals surface area contributed by atoms with Crippen LogP contribution in [-0.2, 0) is 14.8 Å². The lowest BCUT2D eigenvalue weighted by molar-refractivity contribution is -0.384. The van der Waals surface area contributed by atoms with E-state index in [1.165, 1.54) is 31.2 Å². The molecule has 2 aromatic carbocycles. The molecule has 0 aliphatic rings. The molecule has 0 radical (unpaired) electrons. The van der Waals surface area contributed by atoms with Crippen molar-refractivity contribution in [3.05, 3.63) is 62.1 Å². The van der Waals surface area contributed by atoms with Crippen LogP contribution in [-0.4, -0.2) is 25.8 Å². The maximum atomic E-state index is 13.2. The number of non-ortho nitro benzene ring substituents is 1. The molecule has 0 aliphatic carbocycles. The molecule has 0 aliphatic heterocycles. The summed E-state index contributed by atoms with van der Waals surface area (Å²) in [5, 5.41) is 10.9. The Balaban J connectivity index is 2.66. The number of hydrogen-bond donors (Lipinski definition) is 2. The monoisotopic (exact) mass is 432 g/mol. The molecule has 3 N–H and O–H groups in total. The van der Waals surface area contributed by atoms with Gasteiger partial charge < -0.3 is 0 Å². The molecular formula is C15H14Cl2N4O5S. The molecule has 27 heavy (non-hydrogen) atoms. The molecule has 0 bridgehead atoms. The first-order valence-electron chi connectivity index (χ1n) is 7.30. The minimum Gasteiger partial charge on any atom is -0.293 e. The first kappa shape index (κ1) is 20.9. The zero-order valence-electron chi connectivity index (χ0n) is 13.8. The summed E-state index contributed by atoms with van der Waals surface area (Å²) in [4.78, 5) is 21.8. The van der Waals surface area contributed by atoms with Gasteiger partial charge in [-0.25, -0.2) is 14.3 Å². The molecule has 0 heterocycles. The van der Waals surface area contributed by atoms with E-state index in [0.29, 0.717) is 0 Å². The standard InChI is InChI=1S/C15H14Cl2N4O5S/c1-9-6-11(21(23)24)3-5-13(9)20(8-15(22)19-18)27(25,26)14-7-10(16)2-4-12(14)17/h2-7H,8,18H2,1H3,(H,19,22). The summed E-state index contributed by atoms with van der Waals surface area (Å²) in [6.45, 7) is 0.811. The number of nitro groups is 1. The second-order valence-electron chi connectivity index (χ2n) is 5.38. The van der Waals surface area contributed by atoms with Crippen molar-refractivity contribution in [2.75, 3.05) is 10.8 Å². The third kappa shape index (κ3) is 4.48. The maximum absolute atomic E-state index is 13.2. The average Bonchev–Trinajstić information content (AvgIpc) is 2.61. The van der Waals surface area contributed by atoms with Gasteiger partial charge in [0.2, 0.25) is 0 Å². The van der Waals surface area contributed by atoms with Gasteiger partial charge >= 0.3 is 0 Å². The van der Waals surface area contributed by atoms with Crippen LogP contribution in [0, 0.1) is 17.0 Å². The number of sulfonamides is 1. The fraction of sp³-hybridized carbons (Fsp3) is 0.133. The van der Waals surface area contributed by atoms with E-state index in [4.69, 9.17) is 29.0 Å². The molecule has 0 fully saturated rings. The number of nitrogens with two attached hydrogens (primary N) is 1. The minimum absolute atomic E-state index is 0.0558. The van der Waals surface area contributed by atoms with Gasteiger partial charge in [0.25, 0.3) is 21.6 Å². The molecule has 12 heteroatoms. The molecular weight excluding hydrogens is 419 g/mol. The number of nitrogens with one attached hydrogen (secondary N) is 1. The van der Waals surface area contributed by atoms with Gasteiger partial charge in [0.05, 0.1) is 15.6 Å². The molecule has 2 rings (SSSR count). The number of aryl methyl sites for hydroxylation is 1. The van der Waals surface area contributed by atoms with Crippen LogP contribution in [0.4, 0.5) is 11.4 Å². The number of amides is 1. The van der Waals surface area contributed by atoms with Gasteiger partial charge in [-0.1, -0.05) is 23.2 Å². The Morgan fingerprint density at radius 1 is 1.26 bits per heavy atom. The normalized spacial score (nSPS) is 11.1. The molecule has 1 amide bonds. The number of nitrogens with zero attached hydrogens (tertiary/aromatic N) is 2. The Bertz CT molecular complexity index is 1010. The molecule has 0 aromatic heterocycles. The topological polar surface area (TPSA) is 136 Å². The van der Waals surface area contributed by atoms with Crippen molar-refractivity contribution in [1.29, 1.82) is 0 Å². The molecule has 0 saturated heterocycles. The van der Waals surface area contributed by atoms with Crippen LogP contribution in [0.5, 0.6) is 0 Å². The lowest BCUT2D eigenvalue weighted by atomic mass is 10.2. The largest absolute Gasteiger partial charge is 0.293 e. The highest BCUT2D eigenvalue weighted by Crippen LogP contribution is 2.33. The number of nitro benzene ring substituents is 1. The number of anilines is 1. The van der Waals surface area contributed by atoms with Crippen molar-refractivity contribution >= 4 is 50.5 Å². The Morgan fingerprint density at radius 3 is 2.48 bits per heavy atom. The molecule has 2 aromatic rings. The van der Waals surface area contributed by atoms with Crippen LogP contribution in [0.1, 0.15) is 5.56 Å². The van der Waals surface area contributed by atoms with Crippen LogP contribution >= 0.6 is 23.2 Å². The number of benzene rings is 2. The number of halogens is 2. The Hall–Kier alpha value is -2.40. The number of carbonyl (C=O) groups excluding carboxylic acids is 1. The van der Waals surface area contributed by atoms with Gasteiger partial charge in [-0.2, -0.15) is 0 Å². The first-order valence-corrected chi connectivity index (χ1v) is 9.49. The smallest absolute Gasteiger partial charge is 0.269 e. The SMILES string of the molecule is Cc1cc([N+](=O)[O-])ccc1N(CC(=O)NN)S(=O)(=O)c1cc(Cl)ccc1Cl. The predicted molar refractivity (Wildman–Crippen MR) is 101 cm³/mol. The van der Waals surface area contributed by atoms with E-state index >= 15 is 0 Å². The fourth-order valence-electron chi connectivity index (χ4n) is 2.30. The van der Waals surface area contributed by atoms with Crippen molar-refractivity contribution in [3.63, 3.8) is 0 Å². The van der Waals surface area contributed by atoms with Gasteiger partial charge in [-0.05, 0) is 36.8 Å². The second kappa shape index (κ2) is 8.09. The molecule has 0 unspecified atom stereocenters. The van der Waals surface area contributed by atoms with Gasteiger partial charge in [0, 0.05) is 17.2 Å². The first-order chi connectivity index (χ1) is 12.6. The van der Waals surface area contributed by atoms with Crippen molar-refractivity contribution in [1.82, 2.24) is 5.43 Å². The Morgan fingerprint density at radius 2 is 1.93 bits per heavy atom. The van der Waals surface area contributed by atoms with Crippen LogP contribution in [0.25, 0.3) is 0 Å². The number of hydrogen-bond acceptors (Lipinski definition) is 6. The van der Waals surface area contributed by atoms with Crippen molar-refractivity contribution in [2.45, 2.75) is 11.8 Å². The van der Waals surface area contributed by atoms with E-state index in [-0.39, 0.29) is 31.9 Å². The lowest BCUT2D eigenvalue weighted by Crippen LogP contribution is -2.43. The van der Waals surface area contributed by atoms with E-state index in [1.54, 1.807) is 0 Å². The summed E-state index contributed by atoms with van der Waals surface area (Å²) in [6, 6.07) is 7.42. The highest BCUT2D eigenvalue weighted by molar-refractivity contribution is 7.93. The van der Waals surface area contributed by atoms with Crippen molar-refractivity contribution in [2.24, 2.45) is 5.84 Å². The zero-order valence-corrected chi connectivity index (χ0v) is 16.2. The summed E-state index contributed by atoms with van der Waals surface area (Å²) in [7, 11) is -4.34. The van der Waals surface area contributed by atoms with E-state index in [0.717, 1.165) is 16.4 Å². The number of rotatable bonds is 6. The van der Waals surface area contributed by atoms with Gasteiger partial charge in [0.15, 0.2) is 0 Å². The summed E-state index contributed by atoms with van der Waals surface area (Å²) >= 11 is 11.9. The highest BCUT2D eigenvalue weighted by atomic mass is 35.5. The van der Waals surface area contributed by atoms with Gasteiger partial charge in [-0.3, -0.25) is 24.6 Å². The summed E-state index contributed by atoms with van der Waals surface area (Å²) in [6.07, 6.45) is 0. The molecule has 144 valence electrons. The molecule has 0 spiro atoms. The maximum Gasteiger partial charge on any atom is 0.269 e. The van der Waals surface area contributed by atoms with Crippen LogP contribution in [0.2, 0.25) is 10.0 Å². The summed E-state index contributed by atoms with van der Waals surface area (Å²) < 4.78 is 27.1. The Kier molecular flexibility index (Phi) is 6.26. The Labute approximate surface area is 164 Å². The van der Waals surface area contributed by atoms with Crippen molar-refractivity contribution < 1.29 is 18.1 Å². The molecule has 0 saturated carbocycles. The number of hydrazine groups is 1. The highest BCUT2D eigenvalue weighted by Gasteiger charge is 2.30. The average molecular weight is 433 g/mol. The van der Waals surface area contributed by atoms with Crippen LogP contribution in [0.3, 0.4) is 0 Å². The van der Waals surface area contributed by atoms with Gasteiger partial charge in [0.1, 0.15) is 11.4 Å². The molecule has 0 atom stereocenters. The van der Waals surface area contributed by atoms with Gasteiger partial charge in [-0.15, -0.1) is 0 Å². The molecule has 9 nitrogen and oxygen atoms in total. The lowest BCUT2D eigenvalue weighted by Gasteiger charge is -2.25. The van der Waals surface area contributed by atoms with E-state index in [2.05, 4.69) is 0 Å². The van der Waals surface area contributed by atoms with Crippen molar-refractivity contribution in [3.8, 4) is 0 Å². The summed E-state index contributed by atoms with van der Waals surface area (Å²) in [5.74, 6) is 4.28. The van der Waals surface area contributed by atoms with E-state index < -0.39 is 27.4 Å². The quantitative estimate of drug-likeness (QED) is 0.311. The fourth-order valence-corrected chi connectivity index (χ4v) is 4.53. The summed E-state index contributed by atoms with van der Waals surface area (Å²) in [5.41, 5.74) is 1.94. The third-order valence-electron chi connectivity index (χ3n) is 3.57. The number of carbonyl (C=O) groups is 1. The zero-order chi connectivity index (χ0) is 20.4. The predicted octanol–water partition coefficient (Wildman–Crippen LogP) is 2.40. The van der Waals surface area contributed by atoms with Crippen LogP contribution in [0.15, 0.2) is 41.3 Å². The minimum atomic E-state index is -4.34. The van der Waals surface area contributed by atoms with E-state index in [9.17, 15) is 23.3 Å². The second-order valence-corrected chi connectivity index (χ2v) is 8.06.